The third-order valence-electron chi connectivity index (χ3n) is 3.99. The van der Waals surface area contributed by atoms with Crippen LogP contribution in [-0.4, -0.2) is 32.6 Å². The predicted octanol–water partition coefficient (Wildman–Crippen LogP) is 2.71. The van der Waals surface area contributed by atoms with Gasteiger partial charge in [-0.1, -0.05) is 17.3 Å². The first-order chi connectivity index (χ1) is 13.6. The normalized spacial score (nSPS) is 11.5. The van der Waals surface area contributed by atoms with Crippen molar-refractivity contribution in [3.05, 3.63) is 70.2 Å². The quantitative estimate of drug-likeness (QED) is 0.605. The summed E-state index contributed by atoms with van der Waals surface area (Å²) >= 11 is 0. The lowest BCUT2D eigenvalue weighted by Gasteiger charge is -2.18. The minimum atomic E-state index is -4.79. The zero-order valence-corrected chi connectivity index (χ0v) is 15.0. The molecule has 3 rings (SSSR count). The fraction of sp³-hybridized carbons (Fsp3) is 0.222. The fourth-order valence-corrected chi connectivity index (χ4v) is 2.45. The van der Waals surface area contributed by atoms with E-state index >= 15 is 0 Å². The molecule has 0 radical (unpaired) electrons. The summed E-state index contributed by atoms with van der Waals surface area (Å²) in [5.41, 5.74) is 0.115. The Hall–Kier alpha value is -3.50. The third-order valence-corrected chi connectivity index (χ3v) is 3.99. The number of alkyl halides is 3. The van der Waals surface area contributed by atoms with Crippen LogP contribution in [0.1, 0.15) is 11.5 Å². The Labute approximate surface area is 161 Å². The lowest BCUT2D eigenvalue weighted by molar-refractivity contribution is -0.159. The van der Waals surface area contributed by atoms with Crippen molar-refractivity contribution in [3.8, 4) is 11.4 Å². The molecule has 2 aromatic heterocycles. The number of pyridine rings is 1. The molecular formula is C18H14F4N4O3. The molecule has 0 saturated carbocycles. The Morgan fingerprint density at radius 1 is 1.21 bits per heavy atom. The molecule has 0 bridgehead atoms. The van der Waals surface area contributed by atoms with Gasteiger partial charge in [-0.3, -0.25) is 9.59 Å². The SMILES string of the molecule is CN(Cc1ccc(F)cc1)C(=O)Cn1ccc(-c2noc(C(F)(F)F)n2)cc1=O. The van der Waals surface area contributed by atoms with Crippen LogP contribution >= 0.6 is 0 Å². The van der Waals surface area contributed by atoms with Crippen LogP contribution in [0, 0.1) is 5.82 Å². The van der Waals surface area contributed by atoms with Gasteiger partial charge in [-0.2, -0.15) is 18.2 Å². The van der Waals surface area contributed by atoms with Crippen LogP contribution in [0.2, 0.25) is 0 Å². The van der Waals surface area contributed by atoms with Gasteiger partial charge in [0.15, 0.2) is 0 Å². The molecule has 0 fully saturated rings. The molecule has 0 saturated heterocycles. The average molecular weight is 410 g/mol. The third kappa shape index (κ3) is 4.86. The van der Waals surface area contributed by atoms with Crippen molar-refractivity contribution in [1.29, 1.82) is 0 Å². The van der Waals surface area contributed by atoms with Crippen molar-refractivity contribution >= 4 is 5.91 Å². The van der Waals surface area contributed by atoms with E-state index in [1.807, 2.05) is 0 Å². The maximum Gasteiger partial charge on any atom is 0.471 e. The molecule has 0 N–H and O–H groups in total. The highest BCUT2D eigenvalue weighted by atomic mass is 19.4. The first-order valence-electron chi connectivity index (χ1n) is 8.23. The molecule has 0 atom stereocenters. The number of rotatable bonds is 5. The van der Waals surface area contributed by atoms with Gasteiger partial charge >= 0.3 is 12.1 Å². The number of carbonyl (C=O) groups is 1. The maximum absolute atomic E-state index is 12.9. The number of benzene rings is 1. The van der Waals surface area contributed by atoms with Crippen LogP contribution < -0.4 is 5.56 Å². The van der Waals surface area contributed by atoms with E-state index in [0.29, 0.717) is 5.56 Å². The van der Waals surface area contributed by atoms with Crippen LogP contribution in [-0.2, 0) is 24.1 Å². The summed E-state index contributed by atoms with van der Waals surface area (Å²) in [4.78, 5) is 29.1. The summed E-state index contributed by atoms with van der Waals surface area (Å²) in [6.07, 6.45) is -3.54. The number of halogens is 4. The molecular weight excluding hydrogens is 396 g/mol. The number of carbonyl (C=O) groups excluding carboxylic acids is 1. The number of amides is 1. The highest BCUT2D eigenvalue weighted by Gasteiger charge is 2.38. The van der Waals surface area contributed by atoms with Gasteiger partial charge < -0.3 is 14.0 Å². The van der Waals surface area contributed by atoms with E-state index in [1.165, 1.54) is 36.3 Å². The van der Waals surface area contributed by atoms with Crippen LogP contribution in [0.5, 0.6) is 0 Å². The molecule has 29 heavy (non-hydrogen) atoms. The van der Waals surface area contributed by atoms with Gasteiger partial charge in [-0.25, -0.2) is 4.39 Å². The molecule has 7 nitrogen and oxygen atoms in total. The summed E-state index contributed by atoms with van der Waals surface area (Å²) in [5, 5.41) is 3.21. The standard InChI is InChI=1S/C18H14F4N4O3/c1-25(9-11-2-4-13(19)5-3-11)15(28)10-26-7-6-12(8-14(26)27)16-23-17(29-24-16)18(20,21)22/h2-8H,9-10H2,1H3. The van der Waals surface area contributed by atoms with E-state index in [1.54, 1.807) is 12.1 Å². The van der Waals surface area contributed by atoms with E-state index in [9.17, 15) is 27.2 Å². The Balaban J connectivity index is 1.70. The molecule has 0 aliphatic heterocycles. The summed E-state index contributed by atoms with van der Waals surface area (Å²) in [6.45, 7) is -0.0636. The summed E-state index contributed by atoms with van der Waals surface area (Å²) in [7, 11) is 1.53. The topological polar surface area (TPSA) is 81.2 Å². The zero-order valence-electron chi connectivity index (χ0n) is 15.0. The Morgan fingerprint density at radius 3 is 2.48 bits per heavy atom. The molecule has 0 aliphatic carbocycles. The smallest absolute Gasteiger partial charge is 0.340 e. The highest BCUT2D eigenvalue weighted by molar-refractivity contribution is 5.75. The average Bonchev–Trinajstić information content (AvgIpc) is 3.16. The maximum atomic E-state index is 12.9. The van der Waals surface area contributed by atoms with Crippen molar-refractivity contribution in [2.45, 2.75) is 19.3 Å². The summed E-state index contributed by atoms with van der Waals surface area (Å²) in [6, 6.07) is 7.95. The molecule has 0 unspecified atom stereocenters. The lowest BCUT2D eigenvalue weighted by Crippen LogP contribution is -2.33. The van der Waals surface area contributed by atoms with E-state index in [-0.39, 0.29) is 30.4 Å². The van der Waals surface area contributed by atoms with Gasteiger partial charge in [-0.15, -0.1) is 0 Å². The molecule has 1 amide bonds. The van der Waals surface area contributed by atoms with Crippen molar-refractivity contribution in [2.24, 2.45) is 0 Å². The number of likely N-dealkylation sites (N-methyl/N-ethyl adjacent to an activating group) is 1. The second kappa shape index (κ2) is 7.86. The summed E-state index contributed by atoms with van der Waals surface area (Å²) < 4.78 is 55.8. The van der Waals surface area contributed by atoms with Crippen LogP contribution in [0.4, 0.5) is 17.6 Å². The minimum Gasteiger partial charge on any atom is -0.340 e. The first-order valence-corrected chi connectivity index (χ1v) is 8.23. The van der Waals surface area contributed by atoms with E-state index in [0.717, 1.165) is 10.6 Å². The van der Waals surface area contributed by atoms with Gasteiger partial charge in [0.1, 0.15) is 12.4 Å². The minimum absolute atomic E-state index is 0.0256. The highest BCUT2D eigenvalue weighted by Crippen LogP contribution is 2.29. The van der Waals surface area contributed by atoms with Gasteiger partial charge in [0, 0.05) is 31.4 Å². The number of aromatic nitrogens is 3. The Kier molecular flexibility index (Phi) is 5.48. The monoisotopic (exact) mass is 410 g/mol. The Bertz CT molecular complexity index is 1070. The van der Waals surface area contributed by atoms with Crippen molar-refractivity contribution < 1.29 is 26.9 Å². The van der Waals surface area contributed by atoms with E-state index in [4.69, 9.17) is 0 Å². The Morgan fingerprint density at radius 2 is 1.90 bits per heavy atom. The lowest BCUT2D eigenvalue weighted by atomic mass is 10.2. The summed E-state index contributed by atoms with van der Waals surface area (Å²) in [5.74, 6) is -2.68. The van der Waals surface area contributed by atoms with Crippen LogP contribution in [0.3, 0.4) is 0 Å². The first kappa shape index (κ1) is 20.2. The second-order valence-corrected chi connectivity index (χ2v) is 6.18. The molecule has 152 valence electrons. The largest absolute Gasteiger partial charge is 0.471 e. The van der Waals surface area contributed by atoms with Gasteiger partial charge in [0.05, 0.1) is 0 Å². The number of nitrogens with zero attached hydrogens (tertiary/aromatic N) is 4. The van der Waals surface area contributed by atoms with E-state index < -0.39 is 23.4 Å². The van der Waals surface area contributed by atoms with Gasteiger partial charge in [-0.05, 0) is 23.8 Å². The van der Waals surface area contributed by atoms with Crippen molar-refractivity contribution in [3.63, 3.8) is 0 Å². The molecule has 0 spiro atoms. The van der Waals surface area contributed by atoms with Crippen LogP contribution in [0.25, 0.3) is 11.4 Å². The van der Waals surface area contributed by atoms with Crippen LogP contribution in [0.15, 0.2) is 51.9 Å². The zero-order chi connectivity index (χ0) is 21.2. The molecule has 11 heteroatoms. The van der Waals surface area contributed by atoms with Crippen molar-refractivity contribution in [1.82, 2.24) is 19.6 Å². The number of hydrogen-bond donors (Lipinski definition) is 0. The predicted molar refractivity (Wildman–Crippen MR) is 91.9 cm³/mol. The molecule has 3 aromatic rings. The van der Waals surface area contributed by atoms with E-state index in [2.05, 4.69) is 14.7 Å². The molecule has 0 aliphatic rings. The number of hydrogen-bond acceptors (Lipinski definition) is 5. The molecule has 2 heterocycles. The fourth-order valence-electron chi connectivity index (χ4n) is 2.45. The van der Waals surface area contributed by atoms with Crippen molar-refractivity contribution in [2.75, 3.05) is 7.05 Å². The van der Waals surface area contributed by atoms with Gasteiger partial charge in [0.25, 0.3) is 5.56 Å². The second-order valence-electron chi connectivity index (χ2n) is 6.18. The molecule has 1 aromatic carbocycles. The van der Waals surface area contributed by atoms with Gasteiger partial charge in [0.2, 0.25) is 11.7 Å².